The van der Waals surface area contributed by atoms with Gasteiger partial charge in [0, 0.05) is 25.3 Å². The monoisotopic (exact) mass is 352 g/mol. The molecule has 1 aromatic heterocycles. The Morgan fingerprint density at radius 3 is 2.70 bits per heavy atom. The lowest BCUT2D eigenvalue weighted by Gasteiger charge is -2.19. The number of likely N-dealkylation sites (N-methyl/N-ethyl adjacent to an activating group) is 1. The van der Waals surface area contributed by atoms with Crippen LogP contribution in [0, 0.1) is 0 Å². The van der Waals surface area contributed by atoms with E-state index in [2.05, 4.69) is 10.00 Å². The summed E-state index contributed by atoms with van der Waals surface area (Å²) < 4.78 is 1.63. The highest BCUT2D eigenvalue weighted by atomic mass is 35.5. The molecule has 2 aromatic rings. The van der Waals surface area contributed by atoms with Gasteiger partial charge in [-0.25, -0.2) is 4.68 Å². The van der Waals surface area contributed by atoms with Gasteiger partial charge < -0.3 is 9.80 Å². The molecule has 1 aliphatic rings. The number of hydrogen-bond donors (Lipinski definition) is 0. The normalized spacial score (nSPS) is 18.0. The minimum Gasteiger partial charge on any atom is -0.336 e. The summed E-state index contributed by atoms with van der Waals surface area (Å²) in [5.74, 6) is -0.0341. The van der Waals surface area contributed by atoms with Crippen molar-refractivity contribution >= 4 is 29.1 Å². The van der Waals surface area contributed by atoms with Gasteiger partial charge in [-0.2, -0.15) is 5.10 Å². The molecule has 0 aliphatic carbocycles. The number of aromatic nitrogens is 2. The number of amides is 1. The third-order valence-electron chi connectivity index (χ3n) is 4.16. The maximum Gasteiger partial charge on any atom is 0.274 e. The molecule has 5 nitrogen and oxygen atoms in total. The van der Waals surface area contributed by atoms with Gasteiger partial charge in [-0.05, 0) is 44.8 Å². The minimum atomic E-state index is -0.0341. The third-order valence-corrected chi connectivity index (χ3v) is 4.90. The minimum absolute atomic E-state index is 0.0341. The van der Waals surface area contributed by atoms with Crippen molar-refractivity contribution in [1.82, 2.24) is 19.6 Å². The largest absolute Gasteiger partial charge is 0.336 e. The highest BCUT2D eigenvalue weighted by Gasteiger charge is 2.29. The van der Waals surface area contributed by atoms with Crippen LogP contribution in [0.25, 0.3) is 5.69 Å². The quantitative estimate of drug-likeness (QED) is 0.852. The number of rotatable bonds is 3. The molecule has 122 valence electrons. The van der Waals surface area contributed by atoms with Crippen LogP contribution in [0.1, 0.15) is 16.9 Å². The van der Waals surface area contributed by atoms with Crippen molar-refractivity contribution in [3.05, 3.63) is 46.2 Å². The van der Waals surface area contributed by atoms with E-state index in [-0.39, 0.29) is 5.91 Å². The summed E-state index contributed by atoms with van der Waals surface area (Å²) in [7, 11) is 4.08. The predicted octanol–water partition coefficient (Wildman–Crippen LogP) is 2.96. The van der Waals surface area contributed by atoms with Crippen LogP contribution in [0.3, 0.4) is 0 Å². The number of carbonyl (C=O) groups is 1. The van der Waals surface area contributed by atoms with Crippen LogP contribution >= 0.6 is 23.2 Å². The zero-order valence-corrected chi connectivity index (χ0v) is 14.6. The van der Waals surface area contributed by atoms with Gasteiger partial charge in [0.2, 0.25) is 0 Å². The van der Waals surface area contributed by atoms with E-state index >= 15 is 0 Å². The Morgan fingerprint density at radius 1 is 1.26 bits per heavy atom. The topological polar surface area (TPSA) is 41.4 Å². The fourth-order valence-electron chi connectivity index (χ4n) is 2.72. The molecule has 1 unspecified atom stereocenters. The van der Waals surface area contributed by atoms with E-state index in [0.29, 0.717) is 21.8 Å². The van der Waals surface area contributed by atoms with Crippen molar-refractivity contribution < 1.29 is 4.79 Å². The molecule has 1 atom stereocenters. The van der Waals surface area contributed by atoms with Crippen LogP contribution in [-0.4, -0.2) is 58.7 Å². The Morgan fingerprint density at radius 2 is 2.04 bits per heavy atom. The summed E-state index contributed by atoms with van der Waals surface area (Å²) in [6.07, 6.45) is 2.75. The number of benzene rings is 1. The van der Waals surface area contributed by atoms with E-state index in [4.69, 9.17) is 23.2 Å². The molecule has 0 saturated carbocycles. The average Bonchev–Trinajstić information content (AvgIpc) is 3.18. The Labute approximate surface area is 145 Å². The number of likely N-dealkylation sites (tertiary alicyclic amines) is 1. The number of nitrogens with zero attached hydrogens (tertiary/aromatic N) is 4. The van der Waals surface area contributed by atoms with Crippen LogP contribution in [0.5, 0.6) is 0 Å². The lowest BCUT2D eigenvalue weighted by atomic mass is 10.2. The molecule has 2 heterocycles. The van der Waals surface area contributed by atoms with Crippen LogP contribution in [0.4, 0.5) is 0 Å². The first-order valence-corrected chi connectivity index (χ1v) is 8.18. The lowest BCUT2D eigenvalue weighted by molar-refractivity contribution is 0.0777. The van der Waals surface area contributed by atoms with Crippen LogP contribution in [0.2, 0.25) is 10.0 Å². The second-order valence-electron chi connectivity index (χ2n) is 5.90. The zero-order chi connectivity index (χ0) is 16.6. The SMILES string of the molecule is CN(C)C1CCN(C(=O)c2ccn(-c3ccc(Cl)c(Cl)c3)n2)C1. The molecule has 3 rings (SSSR count). The molecular weight excluding hydrogens is 335 g/mol. The van der Waals surface area contributed by atoms with Gasteiger partial charge in [-0.3, -0.25) is 4.79 Å². The standard InChI is InChI=1S/C16H18Cl2N4O/c1-20(2)12-5-7-21(10-12)16(23)15-6-8-22(19-15)11-3-4-13(17)14(18)9-11/h3-4,6,8-9,12H,5,7,10H2,1-2H3. The summed E-state index contributed by atoms with van der Waals surface area (Å²) in [6, 6.07) is 7.39. The first-order chi connectivity index (χ1) is 11.0. The first kappa shape index (κ1) is 16.3. The summed E-state index contributed by atoms with van der Waals surface area (Å²) in [6.45, 7) is 1.51. The number of hydrogen-bond acceptors (Lipinski definition) is 3. The predicted molar refractivity (Wildman–Crippen MR) is 91.6 cm³/mol. The Bertz CT molecular complexity index is 729. The smallest absolute Gasteiger partial charge is 0.274 e. The zero-order valence-electron chi connectivity index (χ0n) is 13.0. The molecule has 0 radical (unpaired) electrons. The van der Waals surface area contributed by atoms with Crippen molar-refractivity contribution in [3.8, 4) is 5.69 Å². The molecule has 23 heavy (non-hydrogen) atoms. The fraction of sp³-hybridized carbons (Fsp3) is 0.375. The van der Waals surface area contributed by atoms with Crippen molar-refractivity contribution in [1.29, 1.82) is 0 Å². The van der Waals surface area contributed by atoms with Crippen molar-refractivity contribution in [2.24, 2.45) is 0 Å². The van der Waals surface area contributed by atoms with E-state index in [1.54, 1.807) is 29.1 Å². The maximum absolute atomic E-state index is 12.6. The van der Waals surface area contributed by atoms with Gasteiger partial charge in [-0.1, -0.05) is 23.2 Å². The number of halogens is 2. The molecular formula is C16H18Cl2N4O. The molecule has 1 aliphatic heterocycles. The highest BCUT2D eigenvalue weighted by Crippen LogP contribution is 2.24. The molecule has 0 N–H and O–H groups in total. The van der Waals surface area contributed by atoms with Crippen molar-refractivity contribution in [3.63, 3.8) is 0 Å². The van der Waals surface area contributed by atoms with Gasteiger partial charge in [0.05, 0.1) is 15.7 Å². The lowest BCUT2D eigenvalue weighted by Crippen LogP contribution is -2.34. The van der Waals surface area contributed by atoms with Gasteiger partial charge in [0.15, 0.2) is 5.69 Å². The van der Waals surface area contributed by atoms with Crippen molar-refractivity contribution in [2.75, 3.05) is 27.2 Å². The van der Waals surface area contributed by atoms with Crippen LogP contribution in [0.15, 0.2) is 30.5 Å². The Kier molecular flexibility index (Phi) is 4.62. The van der Waals surface area contributed by atoms with Crippen molar-refractivity contribution in [2.45, 2.75) is 12.5 Å². The van der Waals surface area contributed by atoms with Gasteiger partial charge in [0.1, 0.15) is 0 Å². The van der Waals surface area contributed by atoms with E-state index in [0.717, 1.165) is 25.2 Å². The van der Waals surface area contributed by atoms with E-state index in [1.807, 2.05) is 25.1 Å². The molecule has 1 amide bonds. The molecule has 7 heteroatoms. The Hall–Kier alpha value is -1.56. The fourth-order valence-corrected chi connectivity index (χ4v) is 3.01. The van der Waals surface area contributed by atoms with Gasteiger partial charge in [-0.15, -0.1) is 0 Å². The second-order valence-corrected chi connectivity index (χ2v) is 6.72. The molecule has 0 bridgehead atoms. The summed E-state index contributed by atoms with van der Waals surface area (Å²) in [5, 5.41) is 5.33. The summed E-state index contributed by atoms with van der Waals surface area (Å²) >= 11 is 12.0. The molecule has 1 fully saturated rings. The van der Waals surface area contributed by atoms with E-state index in [1.165, 1.54) is 0 Å². The third kappa shape index (κ3) is 3.37. The maximum atomic E-state index is 12.6. The Balaban J connectivity index is 1.76. The second kappa shape index (κ2) is 6.51. The average molecular weight is 353 g/mol. The van der Waals surface area contributed by atoms with E-state index in [9.17, 15) is 4.79 Å². The molecule has 0 spiro atoms. The van der Waals surface area contributed by atoms with Gasteiger partial charge >= 0.3 is 0 Å². The first-order valence-electron chi connectivity index (χ1n) is 7.42. The molecule has 1 saturated heterocycles. The van der Waals surface area contributed by atoms with E-state index < -0.39 is 0 Å². The highest BCUT2D eigenvalue weighted by molar-refractivity contribution is 6.42. The summed E-state index contributed by atoms with van der Waals surface area (Å²) in [4.78, 5) is 16.6. The summed E-state index contributed by atoms with van der Waals surface area (Å²) in [5.41, 5.74) is 1.21. The number of carbonyl (C=O) groups excluding carboxylic acids is 1. The van der Waals surface area contributed by atoms with Crippen LogP contribution < -0.4 is 0 Å². The van der Waals surface area contributed by atoms with Gasteiger partial charge in [0.25, 0.3) is 5.91 Å². The molecule has 1 aromatic carbocycles. The van der Waals surface area contributed by atoms with Crippen LogP contribution in [-0.2, 0) is 0 Å².